The molecular weight excluding hydrogens is 212 g/mol. The van der Waals surface area contributed by atoms with Crippen molar-refractivity contribution in [2.45, 2.75) is 39.0 Å². The summed E-state index contributed by atoms with van der Waals surface area (Å²) in [5.41, 5.74) is 1.99. The quantitative estimate of drug-likeness (QED) is 0.681. The summed E-state index contributed by atoms with van der Waals surface area (Å²) in [7, 11) is 0. The minimum Gasteiger partial charge on any atom is -0.492 e. The van der Waals surface area contributed by atoms with Gasteiger partial charge in [0.15, 0.2) is 5.78 Å². The van der Waals surface area contributed by atoms with Crippen LogP contribution in [0.4, 0.5) is 0 Å². The topological polar surface area (TPSA) is 26.3 Å². The van der Waals surface area contributed by atoms with Crippen molar-refractivity contribution in [2.75, 3.05) is 6.61 Å². The van der Waals surface area contributed by atoms with Crippen molar-refractivity contribution in [3.8, 4) is 5.75 Å². The van der Waals surface area contributed by atoms with Crippen LogP contribution in [-0.4, -0.2) is 12.4 Å². The van der Waals surface area contributed by atoms with Gasteiger partial charge in [0.05, 0.1) is 12.2 Å². The second kappa shape index (κ2) is 3.86. The van der Waals surface area contributed by atoms with E-state index in [-0.39, 0.29) is 11.2 Å². The van der Waals surface area contributed by atoms with Gasteiger partial charge in [-0.2, -0.15) is 0 Å². The zero-order chi connectivity index (χ0) is 11.9. The van der Waals surface area contributed by atoms with Crippen molar-refractivity contribution in [2.24, 2.45) is 5.41 Å². The summed E-state index contributed by atoms with van der Waals surface area (Å²) in [5, 5.41) is 0. The summed E-state index contributed by atoms with van der Waals surface area (Å²) in [4.78, 5) is 12.4. The van der Waals surface area contributed by atoms with Gasteiger partial charge in [-0.3, -0.25) is 4.79 Å². The Balaban J connectivity index is 2.00. The zero-order valence-electron chi connectivity index (χ0n) is 10.3. The SMILES string of the molecule is Cc1cccc2c1C(=O)CC1(CCCC1)CO2. The summed E-state index contributed by atoms with van der Waals surface area (Å²) in [6.07, 6.45) is 5.44. The van der Waals surface area contributed by atoms with Gasteiger partial charge in [-0.15, -0.1) is 0 Å². The Morgan fingerprint density at radius 1 is 1.24 bits per heavy atom. The average Bonchev–Trinajstić information content (AvgIpc) is 2.69. The standard InChI is InChI=1S/C15H18O2/c1-11-5-4-6-13-14(11)12(16)9-15(10-17-13)7-2-3-8-15/h4-6H,2-3,7-10H2,1H3. The fraction of sp³-hybridized carbons (Fsp3) is 0.533. The van der Waals surface area contributed by atoms with E-state index >= 15 is 0 Å². The monoisotopic (exact) mass is 230 g/mol. The van der Waals surface area contributed by atoms with E-state index < -0.39 is 0 Å². The molecule has 2 aliphatic rings. The molecule has 0 saturated heterocycles. The number of Topliss-reactive ketones (excluding diaryl/α,β-unsaturated/α-hetero) is 1. The first-order valence-electron chi connectivity index (χ1n) is 6.46. The van der Waals surface area contributed by atoms with Crippen LogP contribution in [0.1, 0.15) is 48.0 Å². The van der Waals surface area contributed by atoms with E-state index in [1.54, 1.807) is 0 Å². The Morgan fingerprint density at radius 2 is 2.00 bits per heavy atom. The molecule has 90 valence electrons. The third-order valence-electron chi connectivity index (χ3n) is 4.25. The lowest BCUT2D eigenvalue weighted by Crippen LogP contribution is -2.25. The highest BCUT2D eigenvalue weighted by molar-refractivity contribution is 6.00. The molecule has 0 radical (unpaired) electrons. The molecule has 1 heterocycles. The van der Waals surface area contributed by atoms with Crippen LogP contribution in [0, 0.1) is 12.3 Å². The van der Waals surface area contributed by atoms with Crippen molar-refractivity contribution >= 4 is 5.78 Å². The fourth-order valence-electron chi connectivity index (χ4n) is 3.28. The maximum atomic E-state index is 12.4. The summed E-state index contributed by atoms with van der Waals surface area (Å²) in [5.74, 6) is 1.07. The summed E-state index contributed by atoms with van der Waals surface area (Å²) >= 11 is 0. The van der Waals surface area contributed by atoms with Gasteiger partial charge in [0.25, 0.3) is 0 Å². The minimum absolute atomic E-state index is 0.128. The highest BCUT2D eigenvalue weighted by Gasteiger charge is 2.39. The van der Waals surface area contributed by atoms with Crippen LogP contribution in [0.5, 0.6) is 5.75 Å². The molecule has 1 spiro atoms. The third-order valence-corrected chi connectivity index (χ3v) is 4.25. The van der Waals surface area contributed by atoms with E-state index in [1.165, 1.54) is 12.8 Å². The lowest BCUT2D eigenvalue weighted by molar-refractivity contribution is 0.0879. The Labute approximate surface area is 102 Å². The largest absolute Gasteiger partial charge is 0.492 e. The van der Waals surface area contributed by atoms with Gasteiger partial charge in [0.1, 0.15) is 5.75 Å². The number of fused-ring (bicyclic) bond motifs is 1. The van der Waals surface area contributed by atoms with Gasteiger partial charge in [-0.25, -0.2) is 0 Å². The molecular formula is C15H18O2. The minimum atomic E-state index is 0.128. The molecule has 0 amide bonds. The summed E-state index contributed by atoms with van der Waals surface area (Å²) in [6.45, 7) is 2.71. The first kappa shape index (κ1) is 10.8. The van der Waals surface area contributed by atoms with Crippen LogP contribution in [0.25, 0.3) is 0 Å². The predicted molar refractivity (Wildman–Crippen MR) is 66.5 cm³/mol. The van der Waals surface area contributed by atoms with Gasteiger partial charge < -0.3 is 4.74 Å². The molecule has 0 atom stereocenters. The molecule has 0 N–H and O–H groups in total. The molecule has 2 heteroatoms. The van der Waals surface area contributed by atoms with Crippen LogP contribution < -0.4 is 4.74 Å². The van der Waals surface area contributed by atoms with Crippen molar-refractivity contribution in [1.29, 1.82) is 0 Å². The molecule has 3 rings (SSSR count). The van der Waals surface area contributed by atoms with Crippen molar-refractivity contribution < 1.29 is 9.53 Å². The number of benzene rings is 1. The number of aryl methyl sites for hydroxylation is 1. The van der Waals surface area contributed by atoms with E-state index in [9.17, 15) is 4.79 Å². The van der Waals surface area contributed by atoms with Crippen LogP contribution in [0.15, 0.2) is 18.2 Å². The van der Waals surface area contributed by atoms with E-state index in [1.807, 2.05) is 25.1 Å². The zero-order valence-corrected chi connectivity index (χ0v) is 10.3. The first-order valence-corrected chi connectivity index (χ1v) is 6.46. The fourth-order valence-corrected chi connectivity index (χ4v) is 3.28. The maximum absolute atomic E-state index is 12.4. The number of hydrogen-bond donors (Lipinski definition) is 0. The molecule has 0 unspecified atom stereocenters. The molecule has 0 aromatic heterocycles. The Kier molecular flexibility index (Phi) is 2.46. The number of rotatable bonds is 0. The molecule has 0 bridgehead atoms. The molecule has 2 nitrogen and oxygen atoms in total. The smallest absolute Gasteiger partial charge is 0.167 e. The molecule has 1 aliphatic heterocycles. The molecule has 1 saturated carbocycles. The highest BCUT2D eigenvalue weighted by atomic mass is 16.5. The van der Waals surface area contributed by atoms with Gasteiger partial charge in [0.2, 0.25) is 0 Å². The van der Waals surface area contributed by atoms with E-state index in [0.717, 1.165) is 36.3 Å². The van der Waals surface area contributed by atoms with Crippen molar-refractivity contribution in [3.05, 3.63) is 29.3 Å². The van der Waals surface area contributed by atoms with Gasteiger partial charge in [-0.1, -0.05) is 25.0 Å². The van der Waals surface area contributed by atoms with Crippen LogP contribution in [-0.2, 0) is 0 Å². The molecule has 1 fully saturated rings. The second-order valence-corrected chi connectivity index (χ2v) is 5.54. The number of hydrogen-bond acceptors (Lipinski definition) is 2. The number of carbonyl (C=O) groups excluding carboxylic acids is 1. The number of carbonyl (C=O) groups is 1. The number of ketones is 1. The first-order chi connectivity index (χ1) is 8.20. The number of ether oxygens (including phenoxy) is 1. The summed E-state index contributed by atoms with van der Waals surface area (Å²) in [6, 6.07) is 5.88. The maximum Gasteiger partial charge on any atom is 0.167 e. The van der Waals surface area contributed by atoms with Gasteiger partial charge in [0, 0.05) is 11.8 Å². The van der Waals surface area contributed by atoms with Crippen molar-refractivity contribution in [3.63, 3.8) is 0 Å². The molecule has 17 heavy (non-hydrogen) atoms. The Bertz CT molecular complexity index is 456. The predicted octanol–water partition coefficient (Wildman–Crippen LogP) is 3.52. The normalized spacial score (nSPS) is 22.1. The third kappa shape index (κ3) is 1.76. The van der Waals surface area contributed by atoms with Crippen LogP contribution in [0.2, 0.25) is 0 Å². The Morgan fingerprint density at radius 3 is 2.76 bits per heavy atom. The molecule has 1 aromatic rings. The van der Waals surface area contributed by atoms with E-state index in [2.05, 4.69) is 0 Å². The average molecular weight is 230 g/mol. The van der Waals surface area contributed by atoms with Crippen LogP contribution >= 0.6 is 0 Å². The lowest BCUT2D eigenvalue weighted by Gasteiger charge is -2.25. The van der Waals surface area contributed by atoms with Crippen molar-refractivity contribution in [1.82, 2.24) is 0 Å². The Hall–Kier alpha value is -1.31. The van der Waals surface area contributed by atoms with E-state index in [0.29, 0.717) is 6.42 Å². The highest BCUT2D eigenvalue weighted by Crippen LogP contribution is 2.45. The second-order valence-electron chi connectivity index (χ2n) is 5.54. The van der Waals surface area contributed by atoms with Gasteiger partial charge >= 0.3 is 0 Å². The lowest BCUT2D eigenvalue weighted by atomic mass is 9.81. The van der Waals surface area contributed by atoms with Gasteiger partial charge in [-0.05, 0) is 31.4 Å². The van der Waals surface area contributed by atoms with E-state index in [4.69, 9.17) is 4.74 Å². The van der Waals surface area contributed by atoms with Crippen LogP contribution in [0.3, 0.4) is 0 Å². The summed E-state index contributed by atoms with van der Waals surface area (Å²) < 4.78 is 5.92. The molecule has 1 aliphatic carbocycles. The molecule has 1 aromatic carbocycles.